The Hall–Kier alpha value is -2.21. The molecule has 0 aliphatic rings. The SMILES string of the molecule is CC(c1cccnc1)N(C)Cc1cnn(CCC(=O)O)c1. The first-order valence-electron chi connectivity index (χ1n) is 6.89. The zero-order chi connectivity index (χ0) is 15.2. The molecular weight excluding hydrogens is 268 g/mol. The minimum Gasteiger partial charge on any atom is -0.481 e. The van der Waals surface area contributed by atoms with Gasteiger partial charge < -0.3 is 5.11 Å². The minimum absolute atomic E-state index is 0.0864. The van der Waals surface area contributed by atoms with E-state index < -0.39 is 5.97 Å². The van der Waals surface area contributed by atoms with Gasteiger partial charge in [0.15, 0.2) is 0 Å². The third kappa shape index (κ3) is 4.39. The van der Waals surface area contributed by atoms with Crippen LogP contribution in [0.1, 0.15) is 30.5 Å². The maximum absolute atomic E-state index is 10.5. The Morgan fingerprint density at radius 3 is 2.95 bits per heavy atom. The molecule has 2 heterocycles. The standard InChI is InChI=1S/C15H20N4O2/c1-12(14-4-3-6-16-9-14)18(2)10-13-8-17-19(11-13)7-5-15(20)21/h3-4,6,8-9,11-12H,5,7,10H2,1-2H3,(H,20,21). The summed E-state index contributed by atoms with van der Waals surface area (Å²) in [5, 5.41) is 12.9. The lowest BCUT2D eigenvalue weighted by atomic mass is 10.1. The van der Waals surface area contributed by atoms with Crippen LogP contribution in [0.4, 0.5) is 0 Å². The van der Waals surface area contributed by atoms with Gasteiger partial charge >= 0.3 is 5.97 Å². The lowest BCUT2D eigenvalue weighted by Crippen LogP contribution is -2.21. The van der Waals surface area contributed by atoms with E-state index in [2.05, 4.69) is 28.0 Å². The molecule has 0 saturated carbocycles. The summed E-state index contributed by atoms with van der Waals surface area (Å²) in [6, 6.07) is 4.25. The molecule has 0 amide bonds. The number of aromatic nitrogens is 3. The number of carbonyl (C=O) groups is 1. The Bertz CT molecular complexity index is 582. The maximum atomic E-state index is 10.5. The molecule has 1 unspecified atom stereocenters. The number of carboxylic acids is 1. The molecular formula is C15H20N4O2. The van der Waals surface area contributed by atoms with Gasteiger partial charge in [0.1, 0.15) is 0 Å². The summed E-state index contributed by atoms with van der Waals surface area (Å²) in [6.07, 6.45) is 7.41. The molecule has 0 aliphatic heterocycles. The van der Waals surface area contributed by atoms with Gasteiger partial charge in [0, 0.05) is 36.7 Å². The quantitative estimate of drug-likeness (QED) is 0.843. The van der Waals surface area contributed by atoms with E-state index in [9.17, 15) is 4.79 Å². The molecule has 0 aromatic carbocycles. The molecule has 0 spiro atoms. The fourth-order valence-electron chi connectivity index (χ4n) is 2.12. The number of aryl methyl sites for hydroxylation is 1. The fraction of sp³-hybridized carbons (Fsp3) is 0.400. The lowest BCUT2D eigenvalue weighted by molar-refractivity contribution is -0.137. The first-order chi connectivity index (χ1) is 10.1. The van der Waals surface area contributed by atoms with Crippen molar-refractivity contribution in [2.75, 3.05) is 7.05 Å². The normalized spacial score (nSPS) is 12.5. The molecule has 2 aromatic rings. The van der Waals surface area contributed by atoms with Crippen LogP contribution < -0.4 is 0 Å². The van der Waals surface area contributed by atoms with Crippen LogP contribution in [0.25, 0.3) is 0 Å². The van der Waals surface area contributed by atoms with Gasteiger partial charge in [-0.25, -0.2) is 0 Å². The number of hydrogen-bond donors (Lipinski definition) is 1. The average molecular weight is 288 g/mol. The second-order valence-corrected chi connectivity index (χ2v) is 5.13. The predicted molar refractivity (Wildman–Crippen MR) is 78.6 cm³/mol. The maximum Gasteiger partial charge on any atom is 0.305 e. The van der Waals surface area contributed by atoms with Crippen LogP contribution in [0.3, 0.4) is 0 Å². The van der Waals surface area contributed by atoms with Gasteiger partial charge in [0.05, 0.1) is 19.2 Å². The molecule has 6 nitrogen and oxygen atoms in total. The average Bonchev–Trinajstić information content (AvgIpc) is 2.92. The summed E-state index contributed by atoms with van der Waals surface area (Å²) >= 11 is 0. The van der Waals surface area contributed by atoms with E-state index in [1.54, 1.807) is 17.1 Å². The molecule has 0 radical (unpaired) electrons. The fourth-order valence-corrected chi connectivity index (χ4v) is 2.12. The molecule has 21 heavy (non-hydrogen) atoms. The third-order valence-electron chi connectivity index (χ3n) is 3.50. The Labute approximate surface area is 124 Å². The van der Waals surface area contributed by atoms with Crippen LogP contribution >= 0.6 is 0 Å². The topological polar surface area (TPSA) is 71.2 Å². The molecule has 0 bridgehead atoms. The number of nitrogens with zero attached hydrogens (tertiary/aromatic N) is 4. The van der Waals surface area contributed by atoms with Crippen molar-refractivity contribution in [2.24, 2.45) is 0 Å². The monoisotopic (exact) mass is 288 g/mol. The largest absolute Gasteiger partial charge is 0.481 e. The van der Waals surface area contributed by atoms with Gasteiger partial charge in [0.25, 0.3) is 0 Å². The van der Waals surface area contributed by atoms with Gasteiger partial charge in [-0.2, -0.15) is 5.10 Å². The van der Waals surface area contributed by atoms with E-state index in [1.807, 2.05) is 25.5 Å². The van der Waals surface area contributed by atoms with E-state index >= 15 is 0 Å². The van der Waals surface area contributed by atoms with Crippen LogP contribution in [-0.2, 0) is 17.9 Å². The van der Waals surface area contributed by atoms with Crippen LogP contribution in [0.15, 0.2) is 36.9 Å². The summed E-state index contributed by atoms with van der Waals surface area (Å²) in [7, 11) is 2.05. The van der Waals surface area contributed by atoms with E-state index in [-0.39, 0.29) is 12.5 Å². The molecule has 112 valence electrons. The summed E-state index contributed by atoms with van der Waals surface area (Å²) in [4.78, 5) is 16.9. The Balaban J connectivity index is 1.93. The van der Waals surface area contributed by atoms with Crippen LogP contribution in [-0.4, -0.2) is 37.8 Å². The molecule has 6 heteroatoms. The second-order valence-electron chi connectivity index (χ2n) is 5.13. The number of carboxylic acid groups (broad SMARTS) is 1. The molecule has 2 rings (SSSR count). The van der Waals surface area contributed by atoms with Crippen LogP contribution in [0.5, 0.6) is 0 Å². The van der Waals surface area contributed by atoms with Gasteiger partial charge in [-0.05, 0) is 25.6 Å². The van der Waals surface area contributed by atoms with Gasteiger partial charge in [0.2, 0.25) is 0 Å². The summed E-state index contributed by atoms with van der Waals surface area (Å²) in [5.41, 5.74) is 2.23. The van der Waals surface area contributed by atoms with Crippen molar-refractivity contribution in [3.05, 3.63) is 48.0 Å². The van der Waals surface area contributed by atoms with E-state index in [0.717, 1.165) is 12.1 Å². The lowest BCUT2D eigenvalue weighted by Gasteiger charge is -2.24. The summed E-state index contributed by atoms with van der Waals surface area (Å²) < 4.78 is 1.67. The molecule has 1 atom stereocenters. The number of aliphatic carboxylic acids is 1. The highest BCUT2D eigenvalue weighted by Gasteiger charge is 2.13. The Morgan fingerprint density at radius 2 is 2.29 bits per heavy atom. The summed E-state index contributed by atoms with van der Waals surface area (Å²) in [6.45, 7) is 3.28. The Morgan fingerprint density at radius 1 is 1.48 bits per heavy atom. The molecule has 0 aliphatic carbocycles. The van der Waals surface area contributed by atoms with Crippen molar-refractivity contribution in [2.45, 2.75) is 32.5 Å². The van der Waals surface area contributed by atoms with Crippen molar-refractivity contribution in [3.8, 4) is 0 Å². The van der Waals surface area contributed by atoms with Gasteiger partial charge in [-0.1, -0.05) is 6.07 Å². The smallest absolute Gasteiger partial charge is 0.305 e. The van der Waals surface area contributed by atoms with Gasteiger partial charge in [-0.15, -0.1) is 0 Å². The number of hydrogen-bond acceptors (Lipinski definition) is 4. The zero-order valence-electron chi connectivity index (χ0n) is 12.3. The van der Waals surface area contributed by atoms with E-state index in [4.69, 9.17) is 5.11 Å². The van der Waals surface area contributed by atoms with Crippen molar-refractivity contribution >= 4 is 5.97 Å². The molecule has 0 fully saturated rings. The van der Waals surface area contributed by atoms with Crippen molar-refractivity contribution in [3.63, 3.8) is 0 Å². The predicted octanol–water partition coefficient (Wildman–Crippen LogP) is 1.95. The van der Waals surface area contributed by atoms with Crippen LogP contribution in [0, 0.1) is 0 Å². The third-order valence-corrected chi connectivity index (χ3v) is 3.50. The Kier molecular flexibility index (Phi) is 5.05. The second kappa shape index (κ2) is 6.99. The highest BCUT2D eigenvalue weighted by Crippen LogP contribution is 2.19. The number of rotatable bonds is 7. The highest BCUT2D eigenvalue weighted by atomic mass is 16.4. The molecule has 1 N–H and O–H groups in total. The number of pyridine rings is 1. The van der Waals surface area contributed by atoms with E-state index in [0.29, 0.717) is 6.54 Å². The first-order valence-corrected chi connectivity index (χ1v) is 6.89. The van der Waals surface area contributed by atoms with Crippen molar-refractivity contribution in [1.82, 2.24) is 19.7 Å². The molecule has 2 aromatic heterocycles. The minimum atomic E-state index is -0.811. The van der Waals surface area contributed by atoms with Gasteiger partial charge in [-0.3, -0.25) is 19.4 Å². The first kappa shape index (κ1) is 15.2. The van der Waals surface area contributed by atoms with E-state index in [1.165, 1.54) is 5.56 Å². The zero-order valence-corrected chi connectivity index (χ0v) is 12.3. The van der Waals surface area contributed by atoms with Crippen LogP contribution in [0.2, 0.25) is 0 Å². The van der Waals surface area contributed by atoms with Crippen molar-refractivity contribution < 1.29 is 9.90 Å². The summed E-state index contributed by atoms with van der Waals surface area (Å²) in [5.74, 6) is -0.811. The molecule has 0 saturated heterocycles. The van der Waals surface area contributed by atoms with Crippen molar-refractivity contribution in [1.29, 1.82) is 0 Å². The highest BCUT2D eigenvalue weighted by molar-refractivity contribution is 5.66.